The van der Waals surface area contributed by atoms with Gasteiger partial charge in [-0.15, -0.1) is 0 Å². The monoisotopic (exact) mass is 264 g/mol. The zero-order valence-corrected chi connectivity index (χ0v) is 12.4. The predicted molar refractivity (Wildman–Crippen MR) is 78.4 cm³/mol. The molecule has 1 heterocycles. The smallest absolute Gasteiger partial charge is 0.213 e. The number of methoxy groups -OCH3 is 1. The van der Waals surface area contributed by atoms with Crippen LogP contribution in [0.5, 0.6) is 5.88 Å². The van der Waals surface area contributed by atoms with Gasteiger partial charge in [-0.25, -0.2) is 4.98 Å². The number of aliphatic imine (C=N–C) groups is 1. The Morgan fingerprint density at radius 2 is 2.11 bits per heavy atom. The topological polar surface area (TPSA) is 58.5 Å². The van der Waals surface area contributed by atoms with Crippen LogP contribution in [-0.2, 0) is 6.54 Å². The van der Waals surface area contributed by atoms with Gasteiger partial charge in [0.25, 0.3) is 0 Å². The Labute approximate surface area is 115 Å². The first-order chi connectivity index (χ1) is 9.06. The molecule has 1 aromatic heterocycles. The summed E-state index contributed by atoms with van der Waals surface area (Å²) in [6.45, 7) is 7.10. The quantitative estimate of drug-likeness (QED) is 0.629. The molecule has 1 aromatic rings. The first-order valence-electron chi connectivity index (χ1n) is 6.54. The lowest BCUT2D eigenvalue weighted by atomic mass is 10.1. The van der Waals surface area contributed by atoms with Crippen LogP contribution < -0.4 is 15.4 Å². The minimum absolute atomic E-state index is 0.365. The highest BCUT2D eigenvalue weighted by Crippen LogP contribution is 2.06. The molecule has 0 fully saturated rings. The lowest BCUT2D eigenvalue weighted by molar-refractivity contribution is 0.396. The van der Waals surface area contributed by atoms with Gasteiger partial charge >= 0.3 is 0 Å². The van der Waals surface area contributed by atoms with Crippen LogP contribution in [0.2, 0.25) is 0 Å². The molecule has 0 saturated carbocycles. The summed E-state index contributed by atoms with van der Waals surface area (Å²) in [5.41, 5.74) is 0.916. The van der Waals surface area contributed by atoms with Crippen molar-refractivity contribution in [1.82, 2.24) is 15.6 Å². The minimum Gasteiger partial charge on any atom is -0.481 e. The van der Waals surface area contributed by atoms with Crippen LogP contribution in [0.25, 0.3) is 0 Å². The highest BCUT2D eigenvalue weighted by molar-refractivity contribution is 5.79. The molecule has 1 unspecified atom stereocenters. The van der Waals surface area contributed by atoms with Gasteiger partial charge in [0, 0.05) is 19.2 Å². The molecule has 1 atom stereocenters. The lowest BCUT2D eigenvalue weighted by Gasteiger charge is -2.20. The van der Waals surface area contributed by atoms with Gasteiger partial charge in [-0.05, 0) is 18.9 Å². The number of hydrogen-bond acceptors (Lipinski definition) is 3. The molecule has 0 aliphatic rings. The minimum atomic E-state index is 0.365. The Bertz CT molecular complexity index is 418. The van der Waals surface area contributed by atoms with E-state index < -0.39 is 0 Å². The molecular weight excluding hydrogens is 240 g/mol. The second-order valence-electron chi connectivity index (χ2n) is 4.77. The highest BCUT2D eigenvalue weighted by Gasteiger charge is 2.08. The fourth-order valence-electron chi connectivity index (χ4n) is 1.42. The van der Waals surface area contributed by atoms with Gasteiger partial charge in [0.2, 0.25) is 5.88 Å². The van der Waals surface area contributed by atoms with Gasteiger partial charge in [-0.1, -0.05) is 19.9 Å². The number of nitrogens with zero attached hydrogens (tertiary/aromatic N) is 2. The van der Waals surface area contributed by atoms with E-state index in [1.165, 1.54) is 0 Å². The van der Waals surface area contributed by atoms with E-state index >= 15 is 0 Å². The first kappa shape index (κ1) is 15.3. The fraction of sp³-hybridized carbons (Fsp3) is 0.571. The number of pyridine rings is 1. The number of hydrogen-bond donors (Lipinski definition) is 2. The van der Waals surface area contributed by atoms with Gasteiger partial charge in [-0.2, -0.15) is 0 Å². The summed E-state index contributed by atoms with van der Waals surface area (Å²) in [7, 11) is 3.38. The van der Waals surface area contributed by atoms with Gasteiger partial charge in [0.15, 0.2) is 5.96 Å². The maximum absolute atomic E-state index is 5.10. The Hall–Kier alpha value is -1.78. The van der Waals surface area contributed by atoms with Crippen molar-refractivity contribution < 1.29 is 4.74 Å². The van der Waals surface area contributed by atoms with Crippen molar-refractivity contribution >= 4 is 5.96 Å². The maximum Gasteiger partial charge on any atom is 0.213 e. The molecule has 0 radical (unpaired) electrons. The number of guanidine groups is 1. The summed E-state index contributed by atoms with van der Waals surface area (Å²) in [6.07, 6.45) is 0. The van der Waals surface area contributed by atoms with Crippen molar-refractivity contribution in [1.29, 1.82) is 0 Å². The predicted octanol–water partition coefficient (Wildman–Crippen LogP) is 1.80. The second kappa shape index (κ2) is 7.61. The molecule has 0 aliphatic carbocycles. The number of rotatable bonds is 5. The normalized spacial score (nSPS) is 13.3. The van der Waals surface area contributed by atoms with Crippen molar-refractivity contribution in [2.45, 2.75) is 33.4 Å². The standard InChI is InChI=1S/C14H24N4O/c1-10(2)11(3)17-14(15-4)16-9-12-7-6-8-13(18-12)19-5/h6-8,10-11H,9H2,1-5H3,(H2,15,16,17). The van der Waals surface area contributed by atoms with E-state index in [1.54, 1.807) is 14.2 Å². The van der Waals surface area contributed by atoms with Crippen LogP contribution >= 0.6 is 0 Å². The van der Waals surface area contributed by atoms with Crippen molar-refractivity contribution in [3.05, 3.63) is 23.9 Å². The molecule has 1 rings (SSSR count). The Morgan fingerprint density at radius 1 is 1.37 bits per heavy atom. The fourth-order valence-corrected chi connectivity index (χ4v) is 1.42. The molecule has 106 valence electrons. The van der Waals surface area contributed by atoms with E-state index in [-0.39, 0.29) is 0 Å². The summed E-state index contributed by atoms with van der Waals surface area (Å²) in [5.74, 6) is 1.96. The molecule has 0 saturated heterocycles. The molecule has 19 heavy (non-hydrogen) atoms. The Morgan fingerprint density at radius 3 is 2.68 bits per heavy atom. The van der Waals surface area contributed by atoms with Crippen LogP contribution in [0, 0.1) is 5.92 Å². The zero-order chi connectivity index (χ0) is 14.3. The molecule has 2 N–H and O–H groups in total. The van der Waals surface area contributed by atoms with Crippen LogP contribution in [0.1, 0.15) is 26.5 Å². The van der Waals surface area contributed by atoms with E-state index in [0.29, 0.717) is 24.4 Å². The van der Waals surface area contributed by atoms with Crippen LogP contribution in [0.4, 0.5) is 0 Å². The Kier molecular flexibility index (Phi) is 6.12. The molecule has 0 aromatic carbocycles. The van der Waals surface area contributed by atoms with E-state index in [2.05, 4.69) is 41.4 Å². The van der Waals surface area contributed by atoms with Crippen LogP contribution in [0.15, 0.2) is 23.2 Å². The highest BCUT2D eigenvalue weighted by atomic mass is 16.5. The molecule has 0 bridgehead atoms. The van der Waals surface area contributed by atoms with E-state index in [0.717, 1.165) is 11.7 Å². The number of ether oxygens (including phenoxy) is 1. The third kappa shape index (κ3) is 5.16. The SMILES string of the molecule is CN=C(NCc1cccc(OC)n1)NC(C)C(C)C. The zero-order valence-electron chi connectivity index (χ0n) is 12.4. The summed E-state index contributed by atoms with van der Waals surface area (Å²) in [6, 6.07) is 6.08. The second-order valence-corrected chi connectivity index (χ2v) is 4.77. The van der Waals surface area contributed by atoms with Gasteiger partial charge in [0.05, 0.1) is 19.3 Å². The molecule has 0 aliphatic heterocycles. The van der Waals surface area contributed by atoms with Gasteiger partial charge < -0.3 is 15.4 Å². The van der Waals surface area contributed by atoms with Crippen molar-refractivity contribution in [2.75, 3.05) is 14.2 Å². The van der Waals surface area contributed by atoms with Gasteiger partial charge in [0.1, 0.15) is 0 Å². The van der Waals surface area contributed by atoms with Gasteiger partial charge in [-0.3, -0.25) is 4.99 Å². The average Bonchev–Trinajstić information content (AvgIpc) is 2.43. The summed E-state index contributed by atoms with van der Waals surface area (Å²) < 4.78 is 5.10. The van der Waals surface area contributed by atoms with Crippen LogP contribution in [-0.4, -0.2) is 31.1 Å². The number of nitrogens with one attached hydrogen (secondary N) is 2. The van der Waals surface area contributed by atoms with Crippen molar-refractivity contribution in [3.8, 4) is 5.88 Å². The van der Waals surface area contributed by atoms with E-state index in [1.807, 2.05) is 18.2 Å². The number of aromatic nitrogens is 1. The maximum atomic E-state index is 5.10. The molecule has 0 amide bonds. The summed E-state index contributed by atoms with van der Waals surface area (Å²) in [5, 5.41) is 6.59. The summed E-state index contributed by atoms with van der Waals surface area (Å²) >= 11 is 0. The largest absolute Gasteiger partial charge is 0.481 e. The van der Waals surface area contributed by atoms with Crippen LogP contribution in [0.3, 0.4) is 0 Å². The third-order valence-electron chi connectivity index (χ3n) is 3.02. The third-order valence-corrected chi connectivity index (χ3v) is 3.02. The Balaban J connectivity index is 2.53. The molecular formula is C14H24N4O. The van der Waals surface area contributed by atoms with Crippen molar-refractivity contribution in [2.24, 2.45) is 10.9 Å². The van der Waals surface area contributed by atoms with E-state index in [4.69, 9.17) is 4.74 Å². The average molecular weight is 264 g/mol. The summed E-state index contributed by atoms with van der Waals surface area (Å²) in [4.78, 5) is 8.55. The lowest BCUT2D eigenvalue weighted by Crippen LogP contribution is -2.43. The molecule has 5 heteroatoms. The van der Waals surface area contributed by atoms with Crippen molar-refractivity contribution in [3.63, 3.8) is 0 Å². The molecule has 5 nitrogen and oxygen atoms in total. The van der Waals surface area contributed by atoms with E-state index in [9.17, 15) is 0 Å². The first-order valence-corrected chi connectivity index (χ1v) is 6.54. The molecule has 0 spiro atoms.